The molecule has 0 spiro atoms. The number of halogens is 1. The highest BCUT2D eigenvalue weighted by atomic mass is 35.5. The summed E-state index contributed by atoms with van der Waals surface area (Å²) < 4.78 is 10.9. The van der Waals surface area contributed by atoms with E-state index in [1.807, 2.05) is 13.0 Å². The summed E-state index contributed by atoms with van der Waals surface area (Å²) >= 11 is 6.26. The number of nitriles is 1. The summed E-state index contributed by atoms with van der Waals surface area (Å²) in [6.07, 6.45) is 0.812. The molecule has 1 fully saturated rings. The molecule has 3 aromatic rings. The fourth-order valence-corrected chi connectivity index (χ4v) is 4.33. The summed E-state index contributed by atoms with van der Waals surface area (Å²) in [5, 5.41) is 20.7. The molecule has 36 heavy (non-hydrogen) atoms. The molecule has 1 unspecified atom stereocenters. The molecule has 0 radical (unpaired) electrons. The van der Waals surface area contributed by atoms with Gasteiger partial charge in [-0.1, -0.05) is 30.7 Å². The zero-order valence-corrected chi connectivity index (χ0v) is 20.5. The number of ether oxygens (including phenoxy) is 2. The molecule has 1 aliphatic heterocycles. The summed E-state index contributed by atoms with van der Waals surface area (Å²) in [5.41, 5.74) is 1.58. The van der Waals surface area contributed by atoms with Crippen LogP contribution in [0.5, 0.6) is 11.5 Å². The first-order valence-electron chi connectivity index (χ1n) is 11.3. The van der Waals surface area contributed by atoms with Crippen LogP contribution in [0.25, 0.3) is 5.76 Å². The van der Waals surface area contributed by atoms with E-state index in [-0.39, 0.29) is 21.9 Å². The van der Waals surface area contributed by atoms with Crippen LogP contribution in [0.4, 0.5) is 5.69 Å². The predicted molar refractivity (Wildman–Crippen MR) is 136 cm³/mol. The number of rotatable bonds is 7. The van der Waals surface area contributed by atoms with Crippen molar-refractivity contribution < 1.29 is 24.2 Å². The van der Waals surface area contributed by atoms with Gasteiger partial charge in [0.25, 0.3) is 11.7 Å². The van der Waals surface area contributed by atoms with Crippen LogP contribution in [-0.2, 0) is 9.59 Å². The Labute approximate surface area is 213 Å². The Morgan fingerprint density at radius 1 is 1.11 bits per heavy atom. The lowest BCUT2D eigenvalue weighted by Crippen LogP contribution is -2.29. The van der Waals surface area contributed by atoms with Crippen LogP contribution < -0.4 is 14.4 Å². The van der Waals surface area contributed by atoms with E-state index in [2.05, 4.69) is 0 Å². The summed E-state index contributed by atoms with van der Waals surface area (Å²) in [5.74, 6) is -1.02. The zero-order chi connectivity index (χ0) is 25.8. The van der Waals surface area contributed by atoms with E-state index in [1.165, 1.54) is 18.1 Å². The van der Waals surface area contributed by atoms with Crippen LogP contribution in [0.1, 0.15) is 36.1 Å². The largest absolute Gasteiger partial charge is 0.507 e. The van der Waals surface area contributed by atoms with E-state index < -0.39 is 17.7 Å². The Bertz CT molecular complexity index is 1390. The standard InChI is InChI=1S/C28H23ClN2O5/c1-3-13-36-21-6-4-5-18(14-21)25-24(26(32)19-9-12-23(35-2)22(29)15-19)27(33)28(34)31(25)20-10-7-17(16-30)8-11-20/h4-12,14-15,25,32H,3,13H2,1-2H3/b26-24+. The topological polar surface area (TPSA) is 99.9 Å². The van der Waals surface area contributed by atoms with Gasteiger partial charge in [-0.15, -0.1) is 0 Å². The minimum absolute atomic E-state index is 0.0850. The summed E-state index contributed by atoms with van der Waals surface area (Å²) in [6.45, 7) is 2.49. The second-order valence-electron chi connectivity index (χ2n) is 8.10. The fraction of sp³-hybridized carbons (Fsp3) is 0.179. The Balaban J connectivity index is 1.91. The minimum Gasteiger partial charge on any atom is -0.507 e. The van der Waals surface area contributed by atoms with Crippen molar-refractivity contribution in [3.8, 4) is 17.6 Å². The van der Waals surface area contributed by atoms with Gasteiger partial charge in [0.1, 0.15) is 17.3 Å². The third kappa shape index (κ3) is 4.64. The lowest BCUT2D eigenvalue weighted by atomic mass is 9.95. The number of carbonyl (C=O) groups is 2. The SMILES string of the molecule is CCCOc1cccc(C2/C(=C(\O)c3ccc(OC)c(Cl)c3)C(=O)C(=O)N2c2ccc(C#N)cc2)c1. The van der Waals surface area contributed by atoms with Gasteiger partial charge in [-0.2, -0.15) is 5.26 Å². The van der Waals surface area contributed by atoms with Crippen molar-refractivity contribution in [2.24, 2.45) is 0 Å². The molecule has 1 atom stereocenters. The molecule has 1 heterocycles. The number of nitrogens with zero attached hydrogens (tertiary/aromatic N) is 2. The highest BCUT2D eigenvalue weighted by Gasteiger charge is 2.47. The monoisotopic (exact) mass is 502 g/mol. The lowest BCUT2D eigenvalue weighted by Gasteiger charge is -2.26. The molecule has 1 saturated heterocycles. The maximum Gasteiger partial charge on any atom is 0.300 e. The van der Waals surface area contributed by atoms with Crippen molar-refractivity contribution in [1.29, 1.82) is 5.26 Å². The van der Waals surface area contributed by atoms with Crippen LogP contribution in [0.3, 0.4) is 0 Å². The molecule has 0 saturated carbocycles. The first-order chi connectivity index (χ1) is 17.4. The molecule has 3 aromatic carbocycles. The molecule has 0 aromatic heterocycles. The van der Waals surface area contributed by atoms with Crippen LogP contribution in [-0.4, -0.2) is 30.5 Å². The van der Waals surface area contributed by atoms with E-state index in [1.54, 1.807) is 60.7 Å². The van der Waals surface area contributed by atoms with E-state index in [9.17, 15) is 14.7 Å². The second kappa shape index (κ2) is 10.5. The van der Waals surface area contributed by atoms with Gasteiger partial charge in [0.15, 0.2) is 0 Å². The average molecular weight is 503 g/mol. The maximum absolute atomic E-state index is 13.3. The Morgan fingerprint density at radius 2 is 1.86 bits per heavy atom. The maximum atomic E-state index is 13.3. The van der Waals surface area contributed by atoms with Crippen molar-refractivity contribution >= 4 is 34.7 Å². The Hall–Kier alpha value is -4.28. The Morgan fingerprint density at radius 3 is 2.50 bits per heavy atom. The van der Waals surface area contributed by atoms with Gasteiger partial charge in [-0.25, -0.2) is 0 Å². The molecular weight excluding hydrogens is 480 g/mol. The van der Waals surface area contributed by atoms with Gasteiger partial charge in [-0.3, -0.25) is 14.5 Å². The molecule has 4 rings (SSSR count). The zero-order valence-electron chi connectivity index (χ0n) is 19.7. The highest BCUT2D eigenvalue weighted by Crippen LogP contribution is 2.43. The third-order valence-corrected chi connectivity index (χ3v) is 6.09. The fourth-order valence-electron chi connectivity index (χ4n) is 4.07. The number of aliphatic hydroxyl groups is 1. The number of amides is 1. The van der Waals surface area contributed by atoms with Crippen molar-refractivity contribution in [2.45, 2.75) is 19.4 Å². The van der Waals surface area contributed by atoms with Crippen molar-refractivity contribution in [2.75, 3.05) is 18.6 Å². The number of benzene rings is 3. The van der Waals surface area contributed by atoms with Gasteiger partial charge in [0, 0.05) is 11.3 Å². The lowest BCUT2D eigenvalue weighted by molar-refractivity contribution is -0.132. The van der Waals surface area contributed by atoms with E-state index in [4.69, 9.17) is 26.3 Å². The van der Waals surface area contributed by atoms with Crippen molar-refractivity contribution in [1.82, 2.24) is 0 Å². The van der Waals surface area contributed by atoms with Gasteiger partial charge in [0.2, 0.25) is 0 Å². The predicted octanol–water partition coefficient (Wildman–Crippen LogP) is 5.64. The smallest absolute Gasteiger partial charge is 0.300 e. The van der Waals surface area contributed by atoms with Gasteiger partial charge >= 0.3 is 0 Å². The third-order valence-electron chi connectivity index (χ3n) is 5.79. The number of Topliss-reactive ketones (excluding diaryl/α,β-unsaturated/α-hetero) is 1. The molecule has 0 bridgehead atoms. The van der Waals surface area contributed by atoms with E-state index >= 15 is 0 Å². The number of hydrogen-bond donors (Lipinski definition) is 1. The highest BCUT2D eigenvalue weighted by molar-refractivity contribution is 6.51. The average Bonchev–Trinajstić information content (AvgIpc) is 3.17. The van der Waals surface area contributed by atoms with Crippen LogP contribution >= 0.6 is 11.6 Å². The van der Waals surface area contributed by atoms with Gasteiger partial charge in [-0.05, 0) is 66.6 Å². The van der Waals surface area contributed by atoms with E-state index in [0.29, 0.717) is 34.9 Å². The number of methoxy groups -OCH3 is 1. The van der Waals surface area contributed by atoms with Gasteiger partial charge < -0.3 is 14.6 Å². The van der Waals surface area contributed by atoms with E-state index in [0.717, 1.165) is 6.42 Å². The number of anilines is 1. The van der Waals surface area contributed by atoms with Crippen molar-refractivity contribution in [3.05, 3.63) is 94.0 Å². The Kier molecular flexibility index (Phi) is 7.28. The number of ketones is 1. The quantitative estimate of drug-likeness (QED) is 0.255. The number of aliphatic hydroxyl groups excluding tert-OH is 1. The van der Waals surface area contributed by atoms with Crippen LogP contribution in [0.15, 0.2) is 72.3 Å². The normalized spacial score (nSPS) is 16.6. The number of hydrogen-bond acceptors (Lipinski definition) is 6. The first-order valence-corrected chi connectivity index (χ1v) is 11.6. The van der Waals surface area contributed by atoms with Gasteiger partial charge in [0.05, 0.1) is 42.0 Å². The minimum atomic E-state index is -0.941. The summed E-state index contributed by atoms with van der Waals surface area (Å²) in [4.78, 5) is 27.9. The molecule has 1 N–H and O–H groups in total. The first kappa shape index (κ1) is 24.8. The summed E-state index contributed by atoms with van der Waals surface area (Å²) in [7, 11) is 1.47. The molecule has 7 nitrogen and oxygen atoms in total. The molecule has 8 heteroatoms. The molecule has 0 aliphatic carbocycles. The molecule has 182 valence electrons. The number of carbonyl (C=O) groups excluding carboxylic acids is 2. The van der Waals surface area contributed by atoms with Crippen LogP contribution in [0.2, 0.25) is 5.02 Å². The molecule has 1 amide bonds. The van der Waals surface area contributed by atoms with Crippen LogP contribution in [0, 0.1) is 11.3 Å². The second-order valence-corrected chi connectivity index (χ2v) is 8.51. The van der Waals surface area contributed by atoms with Crippen molar-refractivity contribution in [3.63, 3.8) is 0 Å². The summed E-state index contributed by atoms with van der Waals surface area (Å²) in [6, 6.07) is 19.1. The molecular formula is C28H23ClN2O5. The molecule has 1 aliphatic rings.